The van der Waals surface area contributed by atoms with Crippen LogP contribution in [0.15, 0.2) is 0 Å². The summed E-state index contributed by atoms with van der Waals surface area (Å²) in [4.78, 5) is 25.7. The maximum Gasteiger partial charge on any atom is 0.223 e. The molecule has 0 bridgehead atoms. The van der Waals surface area contributed by atoms with Gasteiger partial charge in [-0.05, 0) is 32.4 Å². The molecule has 2 rings (SSSR count). The summed E-state index contributed by atoms with van der Waals surface area (Å²) in [6.45, 7) is 3.91. The van der Waals surface area contributed by atoms with E-state index in [1.54, 1.807) is 19.1 Å². The molecule has 6 nitrogen and oxygen atoms in total. The lowest BCUT2D eigenvalue weighted by Crippen LogP contribution is -2.49. The molecule has 1 atom stereocenters. The van der Waals surface area contributed by atoms with Crippen LogP contribution in [0.2, 0.25) is 0 Å². The number of likely N-dealkylation sites (tertiary alicyclic amines) is 1. The van der Waals surface area contributed by atoms with Crippen molar-refractivity contribution in [1.29, 1.82) is 0 Å². The average Bonchev–Trinajstić information content (AvgIpc) is 2.49. The van der Waals surface area contributed by atoms with Crippen LogP contribution in [0.5, 0.6) is 0 Å². The van der Waals surface area contributed by atoms with Crippen LogP contribution < -0.4 is 10.6 Å². The van der Waals surface area contributed by atoms with Crippen LogP contribution in [0.4, 0.5) is 0 Å². The molecule has 0 aromatic heterocycles. The summed E-state index contributed by atoms with van der Waals surface area (Å²) in [6, 6.07) is 0. The van der Waals surface area contributed by atoms with Gasteiger partial charge in [0.15, 0.2) is 0 Å². The van der Waals surface area contributed by atoms with Crippen LogP contribution in [0.3, 0.4) is 0 Å². The number of hydrogen-bond acceptors (Lipinski definition) is 4. The lowest BCUT2D eigenvalue weighted by Gasteiger charge is -2.37. The van der Waals surface area contributed by atoms with E-state index in [0.29, 0.717) is 26.1 Å². The first-order valence-electron chi connectivity index (χ1n) is 7.78. The molecule has 2 amide bonds. The fourth-order valence-electron chi connectivity index (χ4n) is 3.22. The minimum Gasteiger partial charge on any atom is -0.384 e. The van der Waals surface area contributed by atoms with Crippen molar-refractivity contribution in [3.05, 3.63) is 0 Å². The number of carbonyl (C=O) groups is 2. The quantitative estimate of drug-likeness (QED) is 0.749. The van der Waals surface area contributed by atoms with Crippen molar-refractivity contribution in [3.8, 4) is 0 Å². The van der Waals surface area contributed by atoms with E-state index in [9.17, 15) is 9.59 Å². The number of hydrogen-bond donors (Lipinski definition) is 2. The Morgan fingerprint density at radius 3 is 2.81 bits per heavy atom. The summed E-state index contributed by atoms with van der Waals surface area (Å²) in [5, 5.41) is 6.41. The zero-order valence-corrected chi connectivity index (χ0v) is 13.1. The van der Waals surface area contributed by atoms with Gasteiger partial charge in [0, 0.05) is 45.0 Å². The number of methoxy groups -OCH3 is 1. The monoisotopic (exact) mass is 297 g/mol. The van der Waals surface area contributed by atoms with Gasteiger partial charge < -0.3 is 20.3 Å². The molecule has 120 valence electrons. The molecule has 0 radical (unpaired) electrons. The predicted molar refractivity (Wildman–Crippen MR) is 79.8 cm³/mol. The number of nitrogens with zero attached hydrogens (tertiary/aromatic N) is 1. The van der Waals surface area contributed by atoms with Gasteiger partial charge in [0.2, 0.25) is 11.8 Å². The number of carbonyl (C=O) groups excluding carboxylic acids is 2. The number of rotatable bonds is 5. The highest BCUT2D eigenvalue weighted by Gasteiger charge is 2.34. The van der Waals surface area contributed by atoms with Crippen molar-refractivity contribution in [2.75, 3.05) is 46.9 Å². The molecule has 2 N–H and O–H groups in total. The lowest BCUT2D eigenvalue weighted by atomic mass is 9.79. The molecule has 0 spiro atoms. The first kappa shape index (κ1) is 16.2. The molecular weight excluding hydrogens is 270 g/mol. The highest BCUT2D eigenvalue weighted by molar-refractivity contribution is 5.86. The summed E-state index contributed by atoms with van der Waals surface area (Å²) in [5.41, 5.74) is 0.0329. The maximum absolute atomic E-state index is 12.3. The molecule has 2 aliphatic rings. The molecular formula is C15H27N3O3. The molecule has 6 heteroatoms. The Morgan fingerprint density at radius 1 is 1.48 bits per heavy atom. The van der Waals surface area contributed by atoms with Crippen molar-refractivity contribution in [2.24, 2.45) is 11.3 Å². The van der Waals surface area contributed by atoms with Gasteiger partial charge in [-0.2, -0.15) is 0 Å². The fraction of sp³-hybridized carbons (Fsp3) is 0.867. The minimum atomic E-state index is -0.171. The van der Waals surface area contributed by atoms with Gasteiger partial charge in [-0.25, -0.2) is 0 Å². The van der Waals surface area contributed by atoms with Crippen LogP contribution in [0.25, 0.3) is 0 Å². The summed E-state index contributed by atoms with van der Waals surface area (Å²) in [5.74, 6) is -0.0876. The van der Waals surface area contributed by atoms with Crippen LogP contribution in [-0.4, -0.2) is 63.7 Å². The summed E-state index contributed by atoms with van der Waals surface area (Å²) in [6.07, 6.45) is 3.11. The van der Waals surface area contributed by atoms with Crippen LogP contribution >= 0.6 is 0 Å². The number of amides is 2. The van der Waals surface area contributed by atoms with Gasteiger partial charge in [-0.3, -0.25) is 9.59 Å². The largest absolute Gasteiger partial charge is 0.384 e. The Bertz CT molecular complexity index is 375. The molecule has 2 heterocycles. The lowest BCUT2D eigenvalue weighted by molar-refractivity contribution is -0.139. The molecule has 0 saturated carbocycles. The second kappa shape index (κ2) is 7.22. The second-order valence-corrected chi connectivity index (χ2v) is 6.41. The molecule has 0 aromatic rings. The molecule has 2 aliphatic heterocycles. The van der Waals surface area contributed by atoms with E-state index in [0.717, 1.165) is 32.4 Å². The highest BCUT2D eigenvalue weighted by Crippen LogP contribution is 2.28. The summed E-state index contributed by atoms with van der Waals surface area (Å²) < 4.78 is 5.35. The zero-order chi connectivity index (χ0) is 15.3. The van der Waals surface area contributed by atoms with Gasteiger partial charge in [-0.15, -0.1) is 0 Å². The smallest absolute Gasteiger partial charge is 0.223 e. The predicted octanol–water partition coefficient (Wildman–Crippen LogP) is -0.0128. The van der Waals surface area contributed by atoms with E-state index >= 15 is 0 Å². The van der Waals surface area contributed by atoms with E-state index < -0.39 is 0 Å². The molecule has 0 aliphatic carbocycles. The van der Waals surface area contributed by atoms with Gasteiger partial charge in [-0.1, -0.05) is 0 Å². The van der Waals surface area contributed by atoms with Gasteiger partial charge in [0.05, 0.1) is 6.61 Å². The molecule has 21 heavy (non-hydrogen) atoms. The maximum atomic E-state index is 12.3. The third kappa shape index (κ3) is 4.17. The fourth-order valence-corrected chi connectivity index (χ4v) is 3.22. The zero-order valence-electron chi connectivity index (χ0n) is 13.1. The first-order valence-corrected chi connectivity index (χ1v) is 7.78. The molecule has 2 saturated heterocycles. The van der Waals surface area contributed by atoms with E-state index in [-0.39, 0.29) is 23.1 Å². The van der Waals surface area contributed by atoms with E-state index in [2.05, 4.69) is 10.6 Å². The second-order valence-electron chi connectivity index (χ2n) is 6.41. The van der Waals surface area contributed by atoms with Crippen molar-refractivity contribution >= 4 is 11.8 Å². The molecule has 0 aromatic carbocycles. The van der Waals surface area contributed by atoms with Crippen molar-refractivity contribution in [2.45, 2.75) is 25.7 Å². The SMILES string of the molecule is COCC1(CNC(=O)C2CCN(C)C(=O)C2)CCNCC1. The van der Waals surface area contributed by atoms with Crippen LogP contribution in [-0.2, 0) is 14.3 Å². The van der Waals surface area contributed by atoms with Crippen molar-refractivity contribution in [3.63, 3.8) is 0 Å². The van der Waals surface area contributed by atoms with Crippen molar-refractivity contribution < 1.29 is 14.3 Å². The Labute approximate surface area is 126 Å². The third-order valence-electron chi connectivity index (χ3n) is 4.78. The highest BCUT2D eigenvalue weighted by atomic mass is 16.5. The molecule has 2 fully saturated rings. The van der Waals surface area contributed by atoms with Crippen LogP contribution in [0.1, 0.15) is 25.7 Å². The van der Waals surface area contributed by atoms with E-state index in [1.807, 2.05) is 0 Å². The van der Waals surface area contributed by atoms with Crippen molar-refractivity contribution in [1.82, 2.24) is 15.5 Å². The Kier molecular flexibility index (Phi) is 5.58. The minimum absolute atomic E-state index is 0.0189. The van der Waals surface area contributed by atoms with Gasteiger partial charge >= 0.3 is 0 Å². The van der Waals surface area contributed by atoms with E-state index in [4.69, 9.17) is 4.74 Å². The van der Waals surface area contributed by atoms with E-state index in [1.165, 1.54) is 0 Å². The summed E-state index contributed by atoms with van der Waals surface area (Å²) >= 11 is 0. The summed E-state index contributed by atoms with van der Waals surface area (Å²) in [7, 11) is 3.50. The standard InChI is InChI=1S/C15H27N3O3/c1-18-8-3-12(9-13(18)19)14(20)17-10-15(11-21-2)4-6-16-7-5-15/h12,16H,3-11H2,1-2H3,(H,17,20). The first-order chi connectivity index (χ1) is 10.1. The third-order valence-corrected chi connectivity index (χ3v) is 4.78. The Morgan fingerprint density at radius 2 is 2.19 bits per heavy atom. The molecule has 1 unspecified atom stereocenters. The topological polar surface area (TPSA) is 70.7 Å². The van der Waals surface area contributed by atoms with Gasteiger partial charge in [0.1, 0.15) is 0 Å². The van der Waals surface area contributed by atoms with Crippen LogP contribution in [0, 0.1) is 11.3 Å². The average molecular weight is 297 g/mol. The Balaban J connectivity index is 1.85. The van der Waals surface area contributed by atoms with Gasteiger partial charge in [0.25, 0.3) is 0 Å². The number of nitrogens with one attached hydrogen (secondary N) is 2. The number of ether oxygens (including phenoxy) is 1. The Hall–Kier alpha value is -1.14. The normalized spacial score (nSPS) is 25.7. The number of piperidine rings is 2.